The Labute approximate surface area is 103 Å². The molecule has 18 heavy (non-hydrogen) atoms. The predicted molar refractivity (Wildman–Crippen MR) is 61.0 cm³/mol. The number of nitrogens with zero attached hydrogens (tertiary/aromatic N) is 1. The second kappa shape index (κ2) is 6.24. The van der Waals surface area contributed by atoms with Gasteiger partial charge in [-0.1, -0.05) is 0 Å². The molecular formula is C10H16N4O4. The lowest BCUT2D eigenvalue weighted by Gasteiger charge is -2.14. The number of aromatic nitrogens is 2. The molecule has 8 heteroatoms. The Balaban J connectivity index is 2.47. The van der Waals surface area contributed by atoms with E-state index in [9.17, 15) is 9.59 Å². The molecule has 0 amide bonds. The molecule has 0 unspecified atom stereocenters. The quantitative estimate of drug-likeness (QED) is 0.354. The van der Waals surface area contributed by atoms with Crippen LogP contribution in [0.1, 0.15) is 12.6 Å². The van der Waals surface area contributed by atoms with Gasteiger partial charge in [0.15, 0.2) is 0 Å². The highest BCUT2D eigenvalue weighted by molar-refractivity contribution is 5.91. The summed E-state index contributed by atoms with van der Waals surface area (Å²) in [6.45, 7) is 1.32. The Bertz CT molecular complexity index is 404. The van der Waals surface area contributed by atoms with Gasteiger partial charge in [-0.05, 0) is 6.92 Å². The molecule has 100 valence electrons. The summed E-state index contributed by atoms with van der Waals surface area (Å²) in [5.74, 6) is -1.90. The lowest BCUT2D eigenvalue weighted by molar-refractivity contribution is -0.162. The highest BCUT2D eigenvalue weighted by Crippen LogP contribution is 2.00. The molecule has 6 N–H and O–H groups in total. The van der Waals surface area contributed by atoms with Crippen LogP contribution < -0.4 is 11.5 Å². The number of hydrogen-bond donors (Lipinski definition) is 4. The van der Waals surface area contributed by atoms with Crippen LogP contribution in [-0.4, -0.2) is 45.2 Å². The van der Waals surface area contributed by atoms with Gasteiger partial charge in [-0.2, -0.15) is 0 Å². The van der Waals surface area contributed by atoms with Gasteiger partial charge in [-0.3, -0.25) is 0 Å². The molecule has 0 spiro atoms. The van der Waals surface area contributed by atoms with Gasteiger partial charge in [-0.15, -0.1) is 0 Å². The second-order valence-corrected chi connectivity index (χ2v) is 3.89. The van der Waals surface area contributed by atoms with E-state index in [2.05, 4.69) is 14.7 Å². The van der Waals surface area contributed by atoms with Crippen molar-refractivity contribution >= 4 is 11.9 Å². The van der Waals surface area contributed by atoms with Crippen molar-refractivity contribution in [1.82, 2.24) is 9.97 Å². The van der Waals surface area contributed by atoms with E-state index >= 15 is 0 Å². The number of imidazole rings is 1. The van der Waals surface area contributed by atoms with Gasteiger partial charge in [0.05, 0.1) is 12.4 Å². The fourth-order valence-electron chi connectivity index (χ4n) is 1.16. The number of esters is 2. The summed E-state index contributed by atoms with van der Waals surface area (Å²) < 4.78 is 4.46. The molecule has 0 aromatic carbocycles. The average Bonchev–Trinajstić information content (AvgIpc) is 2.80. The van der Waals surface area contributed by atoms with Gasteiger partial charge < -0.3 is 26.3 Å². The summed E-state index contributed by atoms with van der Waals surface area (Å²) in [7, 11) is 0. The van der Waals surface area contributed by atoms with Gasteiger partial charge in [0.25, 0.3) is 0 Å². The zero-order chi connectivity index (χ0) is 13.7. The third-order valence-electron chi connectivity index (χ3n) is 2.29. The minimum Gasteiger partial charge on any atom is -0.391 e. The number of H-pyrrole nitrogens is 1. The second-order valence-electron chi connectivity index (χ2n) is 3.89. The van der Waals surface area contributed by atoms with Crippen LogP contribution in [0.15, 0.2) is 12.5 Å². The van der Waals surface area contributed by atoms with Gasteiger partial charge in [0.1, 0.15) is 12.1 Å². The van der Waals surface area contributed by atoms with E-state index in [4.69, 9.17) is 16.6 Å². The first-order chi connectivity index (χ1) is 8.41. The number of rotatable bonds is 5. The van der Waals surface area contributed by atoms with E-state index in [0.717, 1.165) is 0 Å². The van der Waals surface area contributed by atoms with Crippen molar-refractivity contribution in [3.8, 4) is 0 Å². The fourth-order valence-corrected chi connectivity index (χ4v) is 1.16. The predicted octanol–water partition coefficient (Wildman–Crippen LogP) is -1.94. The highest BCUT2D eigenvalue weighted by atomic mass is 16.6. The zero-order valence-electron chi connectivity index (χ0n) is 9.87. The molecule has 0 saturated heterocycles. The van der Waals surface area contributed by atoms with Crippen LogP contribution >= 0.6 is 0 Å². The number of nitrogens with two attached hydrogens (primary N) is 2. The molecule has 0 aliphatic rings. The van der Waals surface area contributed by atoms with Crippen LogP contribution in [0.25, 0.3) is 0 Å². The molecule has 0 aliphatic carbocycles. The smallest absolute Gasteiger partial charge is 0.333 e. The zero-order valence-corrected chi connectivity index (χ0v) is 9.87. The van der Waals surface area contributed by atoms with Crippen LogP contribution in [-0.2, 0) is 20.7 Å². The molecule has 1 heterocycles. The van der Waals surface area contributed by atoms with E-state index in [1.807, 2.05) is 0 Å². The molecule has 8 nitrogen and oxygen atoms in total. The summed E-state index contributed by atoms with van der Waals surface area (Å²) in [4.78, 5) is 29.3. The molecule has 0 bridgehead atoms. The number of aliphatic hydroxyl groups is 1. The SMILES string of the molecule is C[C@@H](O)[C@H](N)C(=O)OC(=O)[C@@H](N)Cc1cnc[nH]1. The maximum atomic E-state index is 11.5. The molecule has 3 atom stereocenters. The summed E-state index contributed by atoms with van der Waals surface area (Å²) >= 11 is 0. The fraction of sp³-hybridized carbons (Fsp3) is 0.500. The Morgan fingerprint density at radius 3 is 2.67 bits per heavy atom. The third kappa shape index (κ3) is 3.91. The lowest BCUT2D eigenvalue weighted by Crippen LogP contribution is -2.45. The first kappa shape index (κ1) is 14.3. The topological polar surface area (TPSA) is 144 Å². The van der Waals surface area contributed by atoms with Crippen molar-refractivity contribution in [1.29, 1.82) is 0 Å². The third-order valence-corrected chi connectivity index (χ3v) is 2.29. The van der Waals surface area contributed by atoms with Gasteiger partial charge in [0.2, 0.25) is 0 Å². The first-order valence-electron chi connectivity index (χ1n) is 5.33. The van der Waals surface area contributed by atoms with Gasteiger partial charge >= 0.3 is 11.9 Å². The number of carbonyl (C=O) groups excluding carboxylic acids is 2. The standard InChI is InChI=1S/C10H16N4O4/c1-5(15)8(12)10(17)18-9(16)7(11)2-6-3-13-4-14-6/h3-5,7-8,15H,2,11-12H2,1H3,(H,13,14)/t5-,7+,8+/m1/s1. The Morgan fingerprint density at radius 2 is 2.17 bits per heavy atom. The lowest BCUT2D eigenvalue weighted by atomic mass is 10.2. The Kier molecular flexibility index (Phi) is 4.95. The van der Waals surface area contributed by atoms with Crippen molar-refractivity contribution in [3.63, 3.8) is 0 Å². The number of aromatic amines is 1. The Hall–Kier alpha value is -1.77. The number of aliphatic hydroxyl groups excluding tert-OH is 1. The van der Waals surface area contributed by atoms with Crippen molar-refractivity contribution < 1.29 is 19.4 Å². The summed E-state index contributed by atoms with van der Waals surface area (Å²) in [6.07, 6.45) is 2.02. The molecule has 1 aromatic heterocycles. The summed E-state index contributed by atoms with van der Waals surface area (Å²) in [6, 6.07) is -2.27. The number of nitrogens with one attached hydrogen (secondary N) is 1. The van der Waals surface area contributed by atoms with E-state index < -0.39 is 30.1 Å². The van der Waals surface area contributed by atoms with Crippen LogP contribution in [0, 0.1) is 0 Å². The minimum atomic E-state index is -1.27. The molecule has 0 radical (unpaired) electrons. The largest absolute Gasteiger partial charge is 0.391 e. The van der Waals surface area contributed by atoms with E-state index in [1.165, 1.54) is 19.4 Å². The molecule has 0 fully saturated rings. The molecule has 0 saturated carbocycles. The normalized spacial score (nSPS) is 15.8. The van der Waals surface area contributed by atoms with Crippen LogP contribution in [0.2, 0.25) is 0 Å². The van der Waals surface area contributed by atoms with E-state index in [1.54, 1.807) is 0 Å². The molecule has 1 rings (SSSR count). The van der Waals surface area contributed by atoms with E-state index in [0.29, 0.717) is 5.69 Å². The van der Waals surface area contributed by atoms with Crippen LogP contribution in [0.4, 0.5) is 0 Å². The number of hydrogen-bond acceptors (Lipinski definition) is 7. The maximum Gasteiger partial charge on any atom is 0.333 e. The van der Waals surface area contributed by atoms with Crippen LogP contribution in [0.3, 0.4) is 0 Å². The monoisotopic (exact) mass is 256 g/mol. The van der Waals surface area contributed by atoms with E-state index in [-0.39, 0.29) is 6.42 Å². The molecule has 1 aromatic rings. The van der Waals surface area contributed by atoms with Crippen molar-refractivity contribution in [2.75, 3.05) is 0 Å². The summed E-state index contributed by atoms with van der Waals surface area (Å²) in [5, 5.41) is 9.07. The van der Waals surface area contributed by atoms with Crippen molar-refractivity contribution in [2.24, 2.45) is 11.5 Å². The number of carbonyl (C=O) groups is 2. The average molecular weight is 256 g/mol. The maximum absolute atomic E-state index is 11.5. The Morgan fingerprint density at radius 1 is 1.50 bits per heavy atom. The molecular weight excluding hydrogens is 240 g/mol. The van der Waals surface area contributed by atoms with Crippen molar-refractivity contribution in [2.45, 2.75) is 31.5 Å². The summed E-state index contributed by atoms with van der Waals surface area (Å²) in [5.41, 5.74) is 11.5. The number of ether oxygens (including phenoxy) is 1. The molecule has 0 aliphatic heterocycles. The first-order valence-corrected chi connectivity index (χ1v) is 5.33. The van der Waals surface area contributed by atoms with Gasteiger partial charge in [-0.25, -0.2) is 14.6 Å². The van der Waals surface area contributed by atoms with Crippen molar-refractivity contribution in [3.05, 3.63) is 18.2 Å². The van der Waals surface area contributed by atoms with Gasteiger partial charge in [0, 0.05) is 18.3 Å². The minimum absolute atomic E-state index is 0.163. The highest BCUT2D eigenvalue weighted by Gasteiger charge is 2.26. The van der Waals surface area contributed by atoms with Crippen LogP contribution in [0.5, 0.6) is 0 Å².